The average Bonchev–Trinajstić information content (AvgIpc) is 2.48. The van der Waals surface area contributed by atoms with E-state index in [-0.39, 0.29) is 0 Å². The van der Waals surface area contributed by atoms with Crippen molar-refractivity contribution in [1.82, 2.24) is 9.03 Å². The van der Waals surface area contributed by atoms with E-state index >= 15 is 0 Å². The molecule has 4 heteroatoms. The van der Waals surface area contributed by atoms with E-state index in [0.717, 1.165) is 39.3 Å². The summed E-state index contributed by atoms with van der Waals surface area (Å²) in [5, 5.41) is 0. The molecule has 0 aliphatic carbocycles. The molecule has 1 fully saturated rings. The van der Waals surface area contributed by atoms with Crippen molar-refractivity contribution in [2.24, 2.45) is 0 Å². The summed E-state index contributed by atoms with van der Waals surface area (Å²) in [4.78, 5) is 0. The zero-order valence-electron chi connectivity index (χ0n) is 11.3. The molecule has 2 rings (SSSR count). The van der Waals surface area contributed by atoms with Gasteiger partial charge in [0.1, 0.15) is 0 Å². The highest BCUT2D eigenvalue weighted by atomic mass is 32.2. The van der Waals surface area contributed by atoms with Crippen LogP contribution in [0.5, 0.6) is 0 Å². The Morgan fingerprint density at radius 1 is 1.32 bits per heavy atom. The first-order valence-electron chi connectivity index (χ1n) is 6.78. The van der Waals surface area contributed by atoms with Gasteiger partial charge >= 0.3 is 0 Å². The lowest BCUT2D eigenvalue weighted by Crippen LogP contribution is -2.34. The Morgan fingerprint density at radius 3 is 2.74 bits per heavy atom. The van der Waals surface area contributed by atoms with Crippen molar-refractivity contribution in [2.45, 2.75) is 12.3 Å². The molecule has 0 bridgehead atoms. The number of hydrogen-bond donors (Lipinski definition) is 1. The summed E-state index contributed by atoms with van der Waals surface area (Å²) in [6.45, 7) is 8.48. The fraction of sp³-hybridized carbons (Fsp3) is 0.467. The van der Waals surface area contributed by atoms with Gasteiger partial charge in [0.25, 0.3) is 0 Å². The molecular weight excluding hydrogens is 256 g/mol. The Kier molecular flexibility index (Phi) is 6.44. The van der Waals surface area contributed by atoms with Crippen LogP contribution >= 0.6 is 12.1 Å². The van der Waals surface area contributed by atoms with Gasteiger partial charge in [-0.2, -0.15) is 0 Å². The van der Waals surface area contributed by atoms with Crippen molar-refractivity contribution in [2.75, 3.05) is 32.8 Å². The Bertz CT molecular complexity index is 366. The third-order valence-corrected chi connectivity index (χ3v) is 4.13. The minimum atomic E-state index is 0.493. The fourth-order valence-corrected chi connectivity index (χ4v) is 2.92. The Morgan fingerprint density at radius 2 is 2.05 bits per heavy atom. The maximum absolute atomic E-state index is 5.34. The first-order chi connectivity index (χ1) is 9.40. The number of hydrogen-bond acceptors (Lipinski definition) is 4. The average molecular weight is 278 g/mol. The molecule has 1 atom stereocenters. The van der Waals surface area contributed by atoms with Crippen LogP contribution in [0.4, 0.5) is 0 Å². The van der Waals surface area contributed by atoms with Crippen LogP contribution in [0.1, 0.15) is 17.9 Å². The van der Waals surface area contributed by atoms with Crippen molar-refractivity contribution >= 4 is 12.1 Å². The molecule has 0 amide bonds. The molecule has 1 heterocycles. The summed E-state index contributed by atoms with van der Waals surface area (Å²) in [5.74, 6) is 0.493. The lowest BCUT2D eigenvalue weighted by Gasteiger charge is -2.26. The van der Waals surface area contributed by atoms with E-state index in [1.807, 2.05) is 6.08 Å². The van der Waals surface area contributed by atoms with Crippen LogP contribution < -0.4 is 4.72 Å². The molecule has 1 unspecified atom stereocenters. The molecule has 104 valence electrons. The number of allylic oxidation sites excluding steroid dienone is 1. The van der Waals surface area contributed by atoms with Gasteiger partial charge in [0.15, 0.2) is 0 Å². The van der Waals surface area contributed by atoms with Gasteiger partial charge in [0.2, 0.25) is 0 Å². The van der Waals surface area contributed by atoms with E-state index in [9.17, 15) is 0 Å². The largest absolute Gasteiger partial charge is 0.379 e. The number of rotatable bonds is 7. The van der Waals surface area contributed by atoms with Crippen LogP contribution in [0.3, 0.4) is 0 Å². The molecule has 1 aromatic rings. The monoisotopic (exact) mass is 278 g/mol. The van der Waals surface area contributed by atoms with Gasteiger partial charge in [-0.25, -0.2) is 9.03 Å². The first-order valence-corrected chi connectivity index (χ1v) is 7.56. The van der Waals surface area contributed by atoms with Crippen molar-refractivity contribution in [3.05, 3.63) is 48.6 Å². The van der Waals surface area contributed by atoms with Crippen molar-refractivity contribution in [3.63, 3.8) is 0 Å². The zero-order valence-corrected chi connectivity index (χ0v) is 12.1. The smallest absolute Gasteiger partial charge is 0.0603 e. The maximum atomic E-state index is 5.34. The zero-order chi connectivity index (χ0) is 13.3. The standard InChI is InChI=1S/C15H22N2OS/c1-2-6-15(14-7-4-3-5-8-14)13-16-19-17-9-11-18-12-10-17/h2-5,7-8,15-16H,1,6,9-13H2. The third kappa shape index (κ3) is 4.99. The van der Waals surface area contributed by atoms with Crippen LogP contribution in [0.2, 0.25) is 0 Å². The molecule has 0 spiro atoms. The number of benzene rings is 1. The molecule has 0 radical (unpaired) electrons. The van der Waals surface area contributed by atoms with Crippen LogP contribution in [0, 0.1) is 0 Å². The summed E-state index contributed by atoms with van der Waals surface area (Å²) in [7, 11) is 0. The van der Waals surface area contributed by atoms with Gasteiger partial charge in [-0.3, -0.25) is 0 Å². The predicted octanol–water partition coefficient (Wildman–Crippen LogP) is 2.83. The maximum Gasteiger partial charge on any atom is 0.0603 e. The van der Waals surface area contributed by atoms with Crippen molar-refractivity contribution in [1.29, 1.82) is 0 Å². The van der Waals surface area contributed by atoms with Crippen LogP contribution in [-0.2, 0) is 4.74 Å². The van der Waals surface area contributed by atoms with E-state index in [1.54, 1.807) is 12.1 Å². The molecule has 1 aliphatic heterocycles. The van der Waals surface area contributed by atoms with E-state index in [1.165, 1.54) is 5.56 Å². The lowest BCUT2D eigenvalue weighted by molar-refractivity contribution is 0.0770. The summed E-state index contributed by atoms with van der Waals surface area (Å²) >= 11 is 1.72. The van der Waals surface area contributed by atoms with Gasteiger partial charge < -0.3 is 4.74 Å². The SMILES string of the molecule is C=CCC(CNSN1CCOCC1)c1ccccc1. The van der Waals surface area contributed by atoms with E-state index in [4.69, 9.17) is 4.74 Å². The summed E-state index contributed by atoms with van der Waals surface area (Å²) in [6, 6.07) is 10.6. The molecule has 1 aliphatic rings. The van der Waals surface area contributed by atoms with Crippen LogP contribution in [-0.4, -0.2) is 37.2 Å². The number of nitrogens with one attached hydrogen (secondary N) is 1. The van der Waals surface area contributed by atoms with Gasteiger partial charge in [0, 0.05) is 37.7 Å². The van der Waals surface area contributed by atoms with Crippen LogP contribution in [0.15, 0.2) is 43.0 Å². The van der Waals surface area contributed by atoms with Gasteiger partial charge in [-0.1, -0.05) is 36.4 Å². The van der Waals surface area contributed by atoms with Crippen molar-refractivity contribution in [3.8, 4) is 0 Å². The predicted molar refractivity (Wildman–Crippen MR) is 82.0 cm³/mol. The highest BCUT2D eigenvalue weighted by Gasteiger charge is 2.13. The molecule has 1 saturated heterocycles. The first kappa shape index (κ1) is 14.6. The molecule has 3 nitrogen and oxygen atoms in total. The highest BCUT2D eigenvalue weighted by Crippen LogP contribution is 2.20. The Labute approximate surface area is 120 Å². The molecule has 1 N–H and O–H groups in total. The molecule has 19 heavy (non-hydrogen) atoms. The lowest BCUT2D eigenvalue weighted by atomic mass is 9.96. The van der Waals surface area contributed by atoms with Crippen LogP contribution in [0.25, 0.3) is 0 Å². The number of morpholine rings is 1. The molecular formula is C15H22N2OS. The third-order valence-electron chi connectivity index (χ3n) is 3.22. The fourth-order valence-electron chi connectivity index (χ4n) is 2.13. The van der Waals surface area contributed by atoms with E-state index in [2.05, 4.69) is 45.9 Å². The number of ether oxygens (including phenoxy) is 1. The minimum absolute atomic E-state index is 0.493. The van der Waals surface area contributed by atoms with E-state index < -0.39 is 0 Å². The summed E-state index contributed by atoms with van der Waals surface area (Å²) < 4.78 is 11.1. The number of nitrogens with zero attached hydrogens (tertiary/aromatic N) is 1. The second-order valence-corrected chi connectivity index (χ2v) is 5.60. The normalized spacial score (nSPS) is 18.1. The van der Waals surface area contributed by atoms with Gasteiger partial charge in [-0.15, -0.1) is 6.58 Å². The second-order valence-electron chi connectivity index (χ2n) is 4.61. The topological polar surface area (TPSA) is 24.5 Å². The minimum Gasteiger partial charge on any atom is -0.379 e. The molecule has 1 aromatic carbocycles. The van der Waals surface area contributed by atoms with Crippen molar-refractivity contribution < 1.29 is 4.74 Å². The van der Waals surface area contributed by atoms with E-state index in [0.29, 0.717) is 5.92 Å². The van der Waals surface area contributed by atoms with Gasteiger partial charge in [0.05, 0.1) is 13.2 Å². The Balaban J connectivity index is 1.78. The molecule has 0 saturated carbocycles. The highest BCUT2D eigenvalue weighted by molar-refractivity contribution is 7.95. The quantitative estimate of drug-likeness (QED) is 0.612. The van der Waals surface area contributed by atoms with Gasteiger partial charge in [-0.05, 0) is 12.0 Å². The second kappa shape index (κ2) is 8.38. The Hall–Kier alpha value is -0.810. The summed E-state index contributed by atoms with van der Waals surface area (Å²) in [6.07, 6.45) is 3.00. The molecule has 0 aromatic heterocycles. The summed E-state index contributed by atoms with van der Waals surface area (Å²) in [5.41, 5.74) is 1.37.